The van der Waals surface area contributed by atoms with Gasteiger partial charge in [-0.3, -0.25) is 4.79 Å². The Morgan fingerprint density at radius 1 is 1.27 bits per heavy atom. The lowest BCUT2D eigenvalue weighted by Crippen LogP contribution is -2.21. The zero-order valence-corrected chi connectivity index (χ0v) is 15.6. The van der Waals surface area contributed by atoms with Crippen molar-refractivity contribution in [3.63, 3.8) is 0 Å². The van der Waals surface area contributed by atoms with Gasteiger partial charge in [-0.1, -0.05) is 35.9 Å². The molecule has 1 amide bonds. The maximum atomic E-state index is 11.4. The van der Waals surface area contributed by atoms with E-state index in [-0.39, 0.29) is 18.9 Å². The summed E-state index contributed by atoms with van der Waals surface area (Å²) < 4.78 is 11.6. The molecule has 0 aliphatic rings. The third kappa shape index (κ3) is 5.40. The van der Waals surface area contributed by atoms with Crippen LogP contribution in [0.5, 0.6) is 11.5 Å². The lowest BCUT2D eigenvalue weighted by atomic mass is 10.1. The second-order valence-electron chi connectivity index (χ2n) is 5.66. The summed E-state index contributed by atoms with van der Waals surface area (Å²) in [4.78, 5) is 11.4. The summed E-state index contributed by atoms with van der Waals surface area (Å²) >= 11 is 6.38. The van der Waals surface area contributed by atoms with Crippen LogP contribution in [0.2, 0.25) is 5.02 Å². The highest BCUT2D eigenvalue weighted by molar-refractivity contribution is 6.32. The topological polar surface area (TPSA) is 71.3 Å². The molecule has 0 saturated heterocycles. The lowest BCUT2D eigenvalue weighted by Gasteiger charge is -2.16. The predicted molar refractivity (Wildman–Crippen MR) is 100 cm³/mol. The van der Waals surface area contributed by atoms with Crippen molar-refractivity contribution in [1.29, 1.82) is 5.26 Å². The van der Waals surface area contributed by atoms with Gasteiger partial charge in [-0.15, -0.1) is 0 Å². The van der Waals surface area contributed by atoms with Crippen LogP contribution in [0.3, 0.4) is 0 Å². The fourth-order valence-electron chi connectivity index (χ4n) is 2.38. The van der Waals surface area contributed by atoms with Gasteiger partial charge in [0.15, 0.2) is 11.5 Å². The Morgan fingerprint density at radius 3 is 2.73 bits per heavy atom. The van der Waals surface area contributed by atoms with Gasteiger partial charge in [0, 0.05) is 6.54 Å². The van der Waals surface area contributed by atoms with Crippen molar-refractivity contribution in [2.75, 3.05) is 6.61 Å². The quantitative estimate of drug-likeness (QED) is 0.755. The van der Waals surface area contributed by atoms with E-state index in [2.05, 4.69) is 5.32 Å². The van der Waals surface area contributed by atoms with Gasteiger partial charge in [0.25, 0.3) is 0 Å². The van der Waals surface area contributed by atoms with Gasteiger partial charge in [-0.05, 0) is 42.7 Å². The summed E-state index contributed by atoms with van der Waals surface area (Å²) in [5, 5.41) is 11.6. The van der Waals surface area contributed by atoms with Gasteiger partial charge in [-0.25, -0.2) is 0 Å². The van der Waals surface area contributed by atoms with Crippen LogP contribution in [0.15, 0.2) is 36.4 Å². The molecule has 2 aromatic carbocycles. The third-order valence-corrected chi connectivity index (χ3v) is 4.01. The highest BCUT2D eigenvalue weighted by atomic mass is 35.5. The third-order valence-electron chi connectivity index (χ3n) is 3.73. The number of amides is 1. The predicted octanol–water partition coefficient (Wildman–Crippen LogP) is 4.16. The highest BCUT2D eigenvalue weighted by Crippen LogP contribution is 2.37. The van der Waals surface area contributed by atoms with Gasteiger partial charge in [0.05, 0.1) is 17.7 Å². The Hall–Kier alpha value is -2.71. The number of nitrogens with zero attached hydrogens (tertiary/aromatic N) is 1. The van der Waals surface area contributed by atoms with E-state index in [0.29, 0.717) is 29.7 Å². The molecule has 0 aliphatic carbocycles. The number of nitriles is 1. The zero-order valence-electron chi connectivity index (χ0n) is 14.8. The van der Waals surface area contributed by atoms with E-state index in [1.807, 2.05) is 44.2 Å². The van der Waals surface area contributed by atoms with Crippen molar-refractivity contribution in [3.05, 3.63) is 58.1 Å². The monoisotopic (exact) mass is 372 g/mol. The number of rotatable bonds is 8. The van der Waals surface area contributed by atoms with Crippen molar-refractivity contribution in [2.24, 2.45) is 0 Å². The van der Waals surface area contributed by atoms with Crippen molar-refractivity contribution in [3.8, 4) is 17.6 Å². The Labute approximate surface area is 158 Å². The second kappa shape index (κ2) is 9.69. The van der Waals surface area contributed by atoms with Crippen LogP contribution in [0, 0.1) is 18.3 Å². The largest absolute Gasteiger partial charge is 0.490 e. The van der Waals surface area contributed by atoms with E-state index in [1.54, 1.807) is 12.1 Å². The average Bonchev–Trinajstić information content (AvgIpc) is 2.61. The first-order valence-electron chi connectivity index (χ1n) is 8.31. The molecular formula is C20H21ClN2O3. The van der Waals surface area contributed by atoms with Gasteiger partial charge in [-0.2, -0.15) is 5.26 Å². The average molecular weight is 373 g/mol. The molecule has 0 spiro atoms. The Balaban J connectivity index is 2.16. The molecule has 5 nitrogen and oxygen atoms in total. The lowest BCUT2D eigenvalue weighted by molar-refractivity contribution is -0.120. The van der Waals surface area contributed by atoms with Gasteiger partial charge in [0.1, 0.15) is 13.0 Å². The van der Waals surface area contributed by atoms with E-state index in [0.717, 1.165) is 16.7 Å². The summed E-state index contributed by atoms with van der Waals surface area (Å²) in [6.45, 7) is 5.00. The second-order valence-corrected chi connectivity index (χ2v) is 6.07. The van der Waals surface area contributed by atoms with Gasteiger partial charge >= 0.3 is 0 Å². The Kier molecular flexibility index (Phi) is 7.31. The minimum Gasteiger partial charge on any atom is -0.490 e. The van der Waals surface area contributed by atoms with Crippen molar-refractivity contribution >= 4 is 17.5 Å². The van der Waals surface area contributed by atoms with E-state index in [4.69, 9.17) is 26.3 Å². The molecule has 1 N–H and O–H groups in total. The molecule has 0 aliphatic heterocycles. The number of ether oxygens (including phenoxy) is 2. The summed E-state index contributed by atoms with van der Waals surface area (Å²) in [6, 6.07) is 13.3. The molecule has 0 aromatic heterocycles. The molecule has 0 unspecified atom stereocenters. The van der Waals surface area contributed by atoms with Crippen LogP contribution in [-0.2, 0) is 17.9 Å². The van der Waals surface area contributed by atoms with E-state index < -0.39 is 0 Å². The molecule has 6 heteroatoms. The maximum Gasteiger partial charge on any atom is 0.234 e. The summed E-state index contributed by atoms with van der Waals surface area (Å²) in [5.74, 6) is 0.670. The number of hydrogen-bond donors (Lipinski definition) is 1. The zero-order chi connectivity index (χ0) is 18.9. The Bertz CT molecular complexity index is 815. The molecular weight excluding hydrogens is 352 g/mol. The van der Waals surface area contributed by atoms with Crippen LogP contribution < -0.4 is 14.8 Å². The first-order valence-corrected chi connectivity index (χ1v) is 8.69. The van der Waals surface area contributed by atoms with Crippen LogP contribution in [-0.4, -0.2) is 12.5 Å². The van der Waals surface area contributed by atoms with Gasteiger partial charge < -0.3 is 14.8 Å². The van der Waals surface area contributed by atoms with E-state index in [9.17, 15) is 4.79 Å². The van der Waals surface area contributed by atoms with Crippen LogP contribution >= 0.6 is 11.6 Å². The highest BCUT2D eigenvalue weighted by Gasteiger charge is 2.14. The molecule has 2 rings (SSSR count). The van der Waals surface area contributed by atoms with Crippen molar-refractivity contribution in [2.45, 2.75) is 33.4 Å². The molecule has 136 valence electrons. The molecule has 0 bridgehead atoms. The minimum atomic E-state index is -0.332. The number of aryl methyl sites for hydroxylation is 1. The maximum absolute atomic E-state index is 11.4. The minimum absolute atomic E-state index is 0.177. The standard InChI is InChI=1S/C20H21ClN2O3/c1-3-25-18-11-15(12-23-19(24)8-9-22)10-17(21)20(18)26-13-16-7-5-4-6-14(16)2/h4-7,10-11H,3,8,12-13H2,1-2H3,(H,23,24). The number of carbonyl (C=O) groups excluding carboxylic acids is 1. The number of nitrogens with one attached hydrogen (secondary N) is 1. The summed E-state index contributed by atoms with van der Waals surface area (Å²) in [6.07, 6.45) is -0.177. The molecule has 0 radical (unpaired) electrons. The van der Waals surface area contributed by atoms with Crippen LogP contribution in [0.1, 0.15) is 30.0 Å². The Morgan fingerprint density at radius 2 is 2.04 bits per heavy atom. The molecule has 26 heavy (non-hydrogen) atoms. The fraction of sp³-hybridized carbons (Fsp3) is 0.300. The normalized spacial score (nSPS) is 10.1. The fourth-order valence-corrected chi connectivity index (χ4v) is 2.67. The molecule has 2 aromatic rings. The van der Waals surface area contributed by atoms with Crippen LogP contribution in [0.25, 0.3) is 0 Å². The first-order chi connectivity index (χ1) is 12.5. The number of hydrogen-bond acceptors (Lipinski definition) is 4. The summed E-state index contributed by atoms with van der Waals surface area (Å²) in [5.41, 5.74) is 2.98. The van der Waals surface area contributed by atoms with Crippen molar-refractivity contribution in [1.82, 2.24) is 5.32 Å². The van der Waals surface area contributed by atoms with Crippen LogP contribution in [0.4, 0.5) is 0 Å². The van der Waals surface area contributed by atoms with E-state index in [1.165, 1.54) is 0 Å². The number of carbonyl (C=O) groups is 1. The van der Waals surface area contributed by atoms with Crippen molar-refractivity contribution < 1.29 is 14.3 Å². The molecule has 0 fully saturated rings. The van der Waals surface area contributed by atoms with E-state index >= 15 is 0 Å². The van der Waals surface area contributed by atoms with Gasteiger partial charge in [0.2, 0.25) is 5.91 Å². The molecule has 0 heterocycles. The first kappa shape index (κ1) is 19.6. The molecule has 0 atom stereocenters. The molecule has 0 saturated carbocycles. The SMILES string of the molecule is CCOc1cc(CNC(=O)CC#N)cc(Cl)c1OCc1ccccc1C. The summed E-state index contributed by atoms with van der Waals surface area (Å²) in [7, 11) is 0. The number of halogens is 1. The smallest absolute Gasteiger partial charge is 0.234 e. The number of benzene rings is 2.